The highest BCUT2D eigenvalue weighted by molar-refractivity contribution is 6.21. The van der Waals surface area contributed by atoms with E-state index in [2.05, 4.69) is 0 Å². The van der Waals surface area contributed by atoms with Gasteiger partial charge in [0.1, 0.15) is 5.75 Å². The van der Waals surface area contributed by atoms with E-state index in [0.717, 1.165) is 4.90 Å². The highest BCUT2D eigenvalue weighted by Gasteiger charge is 2.35. The molecule has 3 rings (SSSR count). The van der Waals surface area contributed by atoms with E-state index in [0.29, 0.717) is 22.4 Å². The van der Waals surface area contributed by atoms with Crippen molar-refractivity contribution in [1.29, 1.82) is 0 Å². The molecule has 0 bridgehead atoms. The third-order valence-electron chi connectivity index (χ3n) is 3.82. The minimum atomic E-state index is -0.523. The molecule has 0 radical (unpaired) electrons. The van der Waals surface area contributed by atoms with Crippen molar-refractivity contribution in [3.05, 3.63) is 69.3 Å². The average Bonchev–Trinajstić information content (AvgIpc) is 2.81. The molecule has 0 atom stereocenters. The van der Waals surface area contributed by atoms with Crippen molar-refractivity contribution in [2.24, 2.45) is 0 Å². The number of imide groups is 1. The van der Waals surface area contributed by atoms with E-state index < -0.39 is 16.7 Å². The number of amides is 2. The van der Waals surface area contributed by atoms with Crippen LogP contribution in [-0.4, -0.2) is 27.7 Å². The second-order valence-corrected chi connectivity index (χ2v) is 5.96. The molecule has 0 spiro atoms. The number of hydrogen-bond donors (Lipinski definition) is 0. The Morgan fingerprint density at radius 1 is 1.08 bits per heavy atom. The summed E-state index contributed by atoms with van der Waals surface area (Å²) in [4.78, 5) is 36.6. The van der Waals surface area contributed by atoms with Crippen molar-refractivity contribution < 1.29 is 19.2 Å². The van der Waals surface area contributed by atoms with Crippen molar-refractivity contribution in [3.63, 3.8) is 0 Å². The fourth-order valence-corrected chi connectivity index (χ4v) is 2.72. The Bertz CT molecular complexity index is 841. The van der Waals surface area contributed by atoms with E-state index in [1.807, 2.05) is 13.8 Å². The predicted molar refractivity (Wildman–Crippen MR) is 89.5 cm³/mol. The minimum Gasteiger partial charge on any atom is -0.491 e. The Balaban J connectivity index is 1.97. The van der Waals surface area contributed by atoms with E-state index in [-0.39, 0.29) is 18.3 Å². The molecule has 7 heteroatoms. The SMILES string of the molecule is CC(C)Oc1ccc([N+](=O)[O-])cc1CN1C(=O)c2ccccc2C1=O. The maximum atomic E-state index is 12.5. The molecule has 25 heavy (non-hydrogen) atoms. The van der Waals surface area contributed by atoms with Gasteiger partial charge in [0.15, 0.2) is 0 Å². The van der Waals surface area contributed by atoms with Gasteiger partial charge in [-0.3, -0.25) is 24.6 Å². The summed E-state index contributed by atoms with van der Waals surface area (Å²) >= 11 is 0. The molecular weight excluding hydrogens is 324 g/mol. The number of ether oxygens (including phenoxy) is 1. The Kier molecular flexibility index (Phi) is 4.22. The number of nitro benzene ring substituents is 1. The van der Waals surface area contributed by atoms with Crippen LogP contribution in [0.1, 0.15) is 40.1 Å². The number of nitrogens with zero attached hydrogens (tertiary/aromatic N) is 2. The molecule has 128 valence electrons. The molecule has 0 fully saturated rings. The molecule has 0 saturated heterocycles. The summed E-state index contributed by atoms with van der Waals surface area (Å²) in [7, 11) is 0. The van der Waals surface area contributed by atoms with Gasteiger partial charge >= 0.3 is 0 Å². The lowest BCUT2D eigenvalue weighted by atomic mass is 10.1. The van der Waals surface area contributed by atoms with Crippen molar-refractivity contribution in [2.75, 3.05) is 0 Å². The van der Waals surface area contributed by atoms with Crippen molar-refractivity contribution in [1.82, 2.24) is 4.90 Å². The molecule has 0 aliphatic carbocycles. The second kappa shape index (κ2) is 6.35. The van der Waals surface area contributed by atoms with Gasteiger partial charge in [0.05, 0.1) is 28.7 Å². The molecule has 0 N–H and O–H groups in total. The topological polar surface area (TPSA) is 89.8 Å². The van der Waals surface area contributed by atoms with Crippen LogP contribution in [0.3, 0.4) is 0 Å². The zero-order chi connectivity index (χ0) is 18.1. The number of nitro groups is 1. The van der Waals surface area contributed by atoms with Gasteiger partial charge in [-0.1, -0.05) is 12.1 Å². The minimum absolute atomic E-state index is 0.0872. The van der Waals surface area contributed by atoms with Gasteiger partial charge in [-0.05, 0) is 32.0 Å². The van der Waals surface area contributed by atoms with Crippen LogP contribution in [0, 0.1) is 10.1 Å². The summed E-state index contributed by atoms with van der Waals surface area (Å²) in [5.41, 5.74) is 0.966. The van der Waals surface area contributed by atoms with Crippen LogP contribution < -0.4 is 4.74 Å². The van der Waals surface area contributed by atoms with Crippen LogP contribution in [0.5, 0.6) is 5.75 Å². The fraction of sp³-hybridized carbons (Fsp3) is 0.222. The van der Waals surface area contributed by atoms with Crippen molar-refractivity contribution in [3.8, 4) is 5.75 Å². The highest BCUT2D eigenvalue weighted by Crippen LogP contribution is 2.30. The zero-order valence-electron chi connectivity index (χ0n) is 13.8. The number of hydrogen-bond acceptors (Lipinski definition) is 5. The predicted octanol–water partition coefficient (Wildman–Crippen LogP) is 3.18. The van der Waals surface area contributed by atoms with Crippen molar-refractivity contribution in [2.45, 2.75) is 26.5 Å². The Morgan fingerprint density at radius 3 is 2.20 bits per heavy atom. The highest BCUT2D eigenvalue weighted by atomic mass is 16.6. The van der Waals surface area contributed by atoms with E-state index >= 15 is 0 Å². The van der Waals surface area contributed by atoms with Crippen LogP contribution in [0.4, 0.5) is 5.69 Å². The van der Waals surface area contributed by atoms with Gasteiger partial charge in [-0.2, -0.15) is 0 Å². The molecule has 2 amide bonds. The maximum absolute atomic E-state index is 12.5. The summed E-state index contributed by atoms with van der Waals surface area (Å²) < 4.78 is 5.67. The maximum Gasteiger partial charge on any atom is 0.270 e. The third kappa shape index (κ3) is 3.08. The molecule has 0 unspecified atom stereocenters. The van der Waals surface area contributed by atoms with Gasteiger partial charge in [-0.25, -0.2) is 0 Å². The van der Waals surface area contributed by atoms with Crippen LogP contribution in [-0.2, 0) is 6.54 Å². The molecule has 0 saturated carbocycles. The standard InChI is InChI=1S/C18H16N2O5/c1-11(2)25-16-8-7-13(20(23)24)9-12(16)10-19-17(21)14-5-3-4-6-15(14)18(19)22/h3-9,11H,10H2,1-2H3. The second-order valence-electron chi connectivity index (χ2n) is 5.96. The number of benzene rings is 2. The Morgan fingerprint density at radius 2 is 1.68 bits per heavy atom. The Hall–Kier alpha value is -3.22. The molecule has 1 heterocycles. The van der Waals surface area contributed by atoms with E-state index in [1.165, 1.54) is 18.2 Å². The molecule has 0 aromatic heterocycles. The quantitative estimate of drug-likeness (QED) is 0.474. The fourth-order valence-electron chi connectivity index (χ4n) is 2.72. The van der Waals surface area contributed by atoms with E-state index in [1.54, 1.807) is 24.3 Å². The van der Waals surface area contributed by atoms with Crippen LogP contribution in [0.25, 0.3) is 0 Å². The van der Waals surface area contributed by atoms with Gasteiger partial charge in [0.25, 0.3) is 17.5 Å². The molecular formula is C18H16N2O5. The first-order valence-corrected chi connectivity index (χ1v) is 7.77. The number of rotatable bonds is 5. The molecule has 2 aromatic carbocycles. The number of non-ortho nitro benzene ring substituents is 1. The smallest absolute Gasteiger partial charge is 0.270 e. The summed E-state index contributed by atoms with van der Waals surface area (Å²) in [6.07, 6.45) is -0.151. The molecule has 1 aliphatic heterocycles. The Labute approximate surface area is 144 Å². The lowest BCUT2D eigenvalue weighted by Crippen LogP contribution is -2.29. The average molecular weight is 340 g/mol. The molecule has 1 aliphatic rings. The van der Waals surface area contributed by atoms with Crippen LogP contribution in [0.15, 0.2) is 42.5 Å². The molecule has 7 nitrogen and oxygen atoms in total. The van der Waals surface area contributed by atoms with Gasteiger partial charge < -0.3 is 4.74 Å². The third-order valence-corrected chi connectivity index (χ3v) is 3.82. The van der Waals surface area contributed by atoms with Gasteiger partial charge in [0.2, 0.25) is 0 Å². The summed E-state index contributed by atoms with van der Waals surface area (Å²) in [5.74, 6) is -0.414. The summed E-state index contributed by atoms with van der Waals surface area (Å²) in [6.45, 7) is 3.57. The van der Waals surface area contributed by atoms with Gasteiger partial charge in [0, 0.05) is 17.7 Å². The number of carbonyl (C=O) groups excluding carboxylic acids is 2. The lowest BCUT2D eigenvalue weighted by Gasteiger charge is -2.18. The largest absolute Gasteiger partial charge is 0.491 e. The lowest BCUT2D eigenvalue weighted by molar-refractivity contribution is -0.385. The summed E-state index contributed by atoms with van der Waals surface area (Å²) in [5, 5.41) is 11.0. The zero-order valence-corrected chi connectivity index (χ0v) is 13.8. The van der Waals surface area contributed by atoms with Gasteiger partial charge in [-0.15, -0.1) is 0 Å². The summed E-state index contributed by atoms with van der Waals surface area (Å²) in [6, 6.07) is 10.7. The van der Waals surface area contributed by atoms with Crippen LogP contribution in [0.2, 0.25) is 0 Å². The first-order chi connectivity index (χ1) is 11.9. The van der Waals surface area contributed by atoms with Crippen molar-refractivity contribution >= 4 is 17.5 Å². The number of fused-ring (bicyclic) bond motifs is 1. The first kappa shape index (κ1) is 16.6. The normalized spacial score (nSPS) is 13.3. The monoisotopic (exact) mass is 340 g/mol. The van der Waals surface area contributed by atoms with E-state index in [9.17, 15) is 19.7 Å². The first-order valence-electron chi connectivity index (χ1n) is 7.77. The van der Waals surface area contributed by atoms with E-state index in [4.69, 9.17) is 4.74 Å². The number of carbonyl (C=O) groups is 2. The van der Waals surface area contributed by atoms with Crippen LogP contribution >= 0.6 is 0 Å². The molecule has 2 aromatic rings.